The van der Waals surface area contributed by atoms with Gasteiger partial charge in [0.25, 0.3) is 5.91 Å². The largest absolute Gasteiger partial charge is 0.478 e. The predicted octanol–water partition coefficient (Wildman–Crippen LogP) is 0.821. The summed E-state index contributed by atoms with van der Waals surface area (Å²) in [7, 11) is 0. The normalized spacial score (nSPS) is 16.6. The lowest BCUT2D eigenvalue weighted by molar-refractivity contribution is -0.144. The number of aromatic carboxylic acids is 1. The number of ether oxygens (including phenoxy) is 1. The average molecular weight is 744 g/mol. The first kappa shape index (κ1) is 43.8. The van der Waals surface area contributed by atoms with Gasteiger partial charge in [0.15, 0.2) is 0 Å². The maximum absolute atomic E-state index is 14.2. The molecule has 0 aromatic carbocycles. The second-order valence-electron chi connectivity index (χ2n) is 14.3. The van der Waals surface area contributed by atoms with E-state index in [4.69, 9.17) is 10.5 Å². The predicted molar refractivity (Wildman–Crippen MR) is 192 cm³/mol. The molecular formula is C36H53N7O10. The molecule has 2 heterocycles. The smallest absolute Gasteiger partial charge is 0.338 e. The van der Waals surface area contributed by atoms with Crippen LogP contribution in [0.2, 0.25) is 0 Å². The van der Waals surface area contributed by atoms with Crippen molar-refractivity contribution in [1.29, 1.82) is 0 Å². The van der Waals surface area contributed by atoms with Crippen molar-refractivity contribution in [1.82, 2.24) is 31.2 Å². The Labute approximate surface area is 309 Å². The first-order valence-corrected chi connectivity index (χ1v) is 17.6. The number of hydrogen-bond donors (Lipinski definition) is 6. The first-order valence-electron chi connectivity index (χ1n) is 17.6. The minimum absolute atomic E-state index is 0.0138. The van der Waals surface area contributed by atoms with Crippen LogP contribution in [0.3, 0.4) is 0 Å². The van der Waals surface area contributed by atoms with Crippen molar-refractivity contribution in [2.45, 2.75) is 111 Å². The summed E-state index contributed by atoms with van der Waals surface area (Å²) in [6.45, 7) is 12.3. The molecular weight excluding hydrogens is 690 g/mol. The summed E-state index contributed by atoms with van der Waals surface area (Å²) >= 11 is 0. The number of pyridine rings is 1. The summed E-state index contributed by atoms with van der Waals surface area (Å²) in [6, 6.07) is -4.24. The Morgan fingerprint density at radius 3 is 2.25 bits per heavy atom. The van der Waals surface area contributed by atoms with E-state index in [1.54, 1.807) is 27.7 Å². The maximum Gasteiger partial charge on any atom is 0.338 e. The third kappa shape index (κ3) is 13.3. The third-order valence-electron chi connectivity index (χ3n) is 8.44. The lowest BCUT2D eigenvalue weighted by atomic mass is 9.85. The van der Waals surface area contributed by atoms with Crippen molar-refractivity contribution in [3.63, 3.8) is 0 Å². The number of hydrogen-bond acceptors (Lipinski definition) is 10. The number of carbonyl (C=O) groups excluding carboxylic acids is 7. The van der Waals surface area contributed by atoms with Crippen molar-refractivity contribution in [2.24, 2.45) is 17.1 Å². The van der Waals surface area contributed by atoms with Gasteiger partial charge in [-0.3, -0.25) is 33.8 Å². The minimum Gasteiger partial charge on any atom is -0.478 e. The monoisotopic (exact) mass is 743 g/mol. The number of carboxylic acids is 1. The number of nitrogens with one attached hydrogen (secondary N) is 4. The van der Waals surface area contributed by atoms with Crippen molar-refractivity contribution in [3.05, 3.63) is 41.7 Å². The highest BCUT2D eigenvalue weighted by atomic mass is 16.5. The molecule has 7 N–H and O–H groups in total. The molecule has 53 heavy (non-hydrogen) atoms. The summed E-state index contributed by atoms with van der Waals surface area (Å²) < 4.78 is 4.87. The van der Waals surface area contributed by atoms with Gasteiger partial charge in [-0.25, -0.2) is 9.59 Å². The molecule has 17 heteroatoms. The molecule has 1 saturated heterocycles. The van der Waals surface area contributed by atoms with Crippen LogP contribution in [0.25, 0.3) is 0 Å². The van der Waals surface area contributed by atoms with Gasteiger partial charge in [-0.15, -0.1) is 0 Å². The molecule has 292 valence electrons. The van der Waals surface area contributed by atoms with Crippen LogP contribution < -0.4 is 27.0 Å². The molecule has 1 fully saturated rings. The van der Waals surface area contributed by atoms with Crippen LogP contribution in [-0.2, 0) is 33.5 Å². The molecule has 0 radical (unpaired) electrons. The number of esters is 1. The Kier molecular flexibility index (Phi) is 16.6. The van der Waals surface area contributed by atoms with E-state index in [0.717, 1.165) is 6.20 Å². The Balaban J connectivity index is 2.35. The van der Waals surface area contributed by atoms with Crippen LogP contribution in [0.4, 0.5) is 0 Å². The van der Waals surface area contributed by atoms with Crippen LogP contribution >= 0.6 is 0 Å². The quantitative estimate of drug-likeness (QED) is 0.0906. The highest BCUT2D eigenvalue weighted by molar-refractivity contribution is 6.06. The average Bonchev–Trinajstić information content (AvgIpc) is 3.57. The number of aromatic nitrogens is 1. The lowest BCUT2D eigenvalue weighted by Crippen LogP contribution is -2.61. The number of carboxylic acid groups (broad SMARTS) is 1. The molecule has 0 spiro atoms. The molecule has 0 aliphatic carbocycles. The topological polar surface area (TPSA) is 256 Å². The first-order chi connectivity index (χ1) is 24.8. The fourth-order valence-electron chi connectivity index (χ4n) is 5.62. The standard InChI is InChI=1S/C36H53N7O10/c1-8-53-27(44)14-10-9-12-24(40-30(46)22-15-16-38-19-23(22)35(51)52)31(47)42-28(36(5,6)7)34(50)43-17-11-13-26(43)33(49)41-25(18-20(2)3)32(48)39-21(4)29(37)45/h10,14-16,19-21,24-26,28H,8-9,11-13,17-18H2,1-7H3,(H2,37,45)(H,39,48)(H,40,46)(H,41,49)(H,42,47)(H,51,52)/b14-10+/t21-,24-,25-,26-,28+/m0/s1. The summed E-state index contributed by atoms with van der Waals surface area (Å²) in [5, 5.41) is 20.1. The summed E-state index contributed by atoms with van der Waals surface area (Å²) in [5.41, 5.74) is 3.77. The molecule has 17 nitrogen and oxygen atoms in total. The van der Waals surface area contributed by atoms with Crippen LogP contribution in [0, 0.1) is 11.3 Å². The van der Waals surface area contributed by atoms with Crippen LogP contribution in [0.5, 0.6) is 0 Å². The lowest BCUT2D eigenvalue weighted by Gasteiger charge is -2.36. The van der Waals surface area contributed by atoms with E-state index in [1.807, 2.05) is 13.8 Å². The van der Waals surface area contributed by atoms with Crippen molar-refractivity contribution in [3.8, 4) is 0 Å². The highest BCUT2D eigenvalue weighted by Gasteiger charge is 2.43. The van der Waals surface area contributed by atoms with Crippen LogP contribution in [0.1, 0.15) is 101 Å². The minimum atomic E-state index is -1.40. The summed E-state index contributed by atoms with van der Waals surface area (Å²) in [4.78, 5) is 108. The van der Waals surface area contributed by atoms with Crippen molar-refractivity contribution in [2.75, 3.05) is 13.2 Å². The second-order valence-corrected chi connectivity index (χ2v) is 14.3. The van der Waals surface area contributed by atoms with E-state index >= 15 is 0 Å². The van der Waals surface area contributed by atoms with Gasteiger partial charge in [0.2, 0.25) is 29.5 Å². The van der Waals surface area contributed by atoms with Gasteiger partial charge in [0.05, 0.1) is 17.7 Å². The van der Waals surface area contributed by atoms with Crippen LogP contribution in [0.15, 0.2) is 30.6 Å². The number of allylic oxidation sites excluding steroid dienone is 1. The number of rotatable bonds is 18. The van der Waals surface area contributed by atoms with Gasteiger partial charge in [0, 0.05) is 25.0 Å². The number of amides is 6. The Morgan fingerprint density at radius 2 is 1.66 bits per heavy atom. The molecule has 2 rings (SSSR count). The van der Waals surface area contributed by atoms with Gasteiger partial charge in [-0.05, 0) is 63.4 Å². The van der Waals surface area contributed by atoms with Gasteiger partial charge in [-0.1, -0.05) is 40.7 Å². The number of nitrogens with two attached hydrogens (primary N) is 1. The van der Waals surface area contributed by atoms with Gasteiger partial charge in [-0.2, -0.15) is 0 Å². The van der Waals surface area contributed by atoms with Gasteiger partial charge >= 0.3 is 11.9 Å². The van der Waals surface area contributed by atoms with E-state index in [1.165, 1.54) is 36.2 Å². The van der Waals surface area contributed by atoms with E-state index < -0.39 is 83.0 Å². The number of carbonyl (C=O) groups is 8. The Bertz CT molecular complexity index is 1550. The maximum atomic E-state index is 14.2. The molecule has 1 aliphatic heterocycles. The number of nitrogens with zero attached hydrogens (tertiary/aromatic N) is 2. The Morgan fingerprint density at radius 1 is 1.00 bits per heavy atom. The molecule has 1 aromatic rings. The van der Waals surface area contributed by atoms with E-state index in [2.05, 4.69) is 26.3 Å². The molecule has 1 aliphatic rings. The fourth-order valence-corrected chi connectivity index (χ4v) is 5.62. The van der Waals surface area contributed by atoms with E-state index in [0.29, 0.717) is 12.8 Å². The van der Waals surface area contributed by atoms with E-state index in [-0.39, 0.29) is 49.5 Å². The fraction of sp³-hybridized carbons (Fsp3) is 0.583. The highest BCUT2D eigenvalue weighted by Crippen LogP contribution is 2.26. The zero-order chi connectivity index (χ0) is 40.0. The summed E-state index contributed by atoms with van der Waals surface area (Å²) in [6.07, 6.45) is 5.95. The SMILES string of the molecule is CCOC(=O)/C=C/CC[C@H](NC(=O)c1ccncc1C(=O)O)C(=O)N[C@H](C(=O)N1CCC[C@H]1C(=O)N[C@@H](CC(C)C)C(=O)N[C@@H](C)C(N)=O)C(C)(C)C. The number of primary amides is 1. The second kappa shape index (κ2) is 20.0. The van der Waals surface area contributed by atoms with Gasteiger partial charge < -0.3 is 41.7 Å². The molecule has 0 unspecified atom stereocenters. The number of likely N-dealkylation sites (tertiary alicyclic amines) is 1. The molecule has 1 aromatic heterocycles. The molecule has 0 bridgehead atoms. The zero-order valence-corrected chi connectivity index (χ0v) is 31.4. The third-order valence-corrected chi connectivity index (χ3v) is 8.44. The van der Waals surface area contributed by atoms with E-state index in [9.17, 15) is 43.5 Å². The van der Waals surface area contributed by atoms with Crippen molar-refractivity contribution >= 4 is 47.4 Å². The Hall–Kier alpha value is -5.35. The van der Waals surface area contributed by atoms with Crippen LogP contribution in [-0.4, -0.2) is 106 Å². The molecule has 0 saturated carbocycles. The van der Waals surface area contributed by atoms with Crippen molar-refractivity contribution < 1.29 is 48.2 Å². The molecule has 5 atom stereocenters. The summed E-state index contributed by atoms with van der Waals surface area (Å²) in [5.74, 6) is -6.13. The molecule has 6 amide bonds. The zero-order valence-electron chi connectivity index (χ0n) is 31.4. The van der Waals surface area contributed by atoms with Gasteiger partial charge in [0.1, 0.15) is 30.2 Å².